The summed E-state index contributed by atoms with van der Waals surface area (Å²) in [7, 11) is 0. The molecule has 0 aromatic heterocycles. The first kappa shape index (κ1) is 27.4. The molecule has 1 rings (SSSR count). The molecule has 1 aromatic carbocycles. The van der Waals surface area contributed by atoms with Gasteiger partial charge in [0, 0.05) is 12.8 Å². The summed E-state index contributed by atoms with van der Waals surface area (Å²) in [6.45, 7) is 3.49. The van der Waals surface area contributed by atoms with E-state index in [1.54, 1.807) is 44.2 Å². The van der Waals surface area contributed by atoms with Crippen molar-refractivity contribution in [3.63, 3.8) is 0 Å². The highest BCUT2D eigenvalue weighted by molar-refractivity contribution is 5.89. The van der Waals surface area contributed by atoms with Gasteiger partial charge in [-0.05, 0) is 32.3 Å². The van der Waals surface area contributed by atoms with Crippen LogP contribution >= 0.6 is 0 Å². The van der Waals surface area contributed by atoms with Crippen LogP contribution in [0.15, 0.2) is 30.3 Å². The highest BCUT2D eigenvalue weighted by Crippen LogP contribution is 2.06. The number of aliphatic carboxylic acids is 1. The van der Waals surface area contributed by atoms with Crippen molar-refractivity contribution in [2.24, 2.45) is 0 Å². The molecule has 11 nitrogen and oxygen atoms in total. The summed E-state index contributed by atoms with van der Waals surface area (Å²) in [5.41, 5.74) is 0.727. The van der Waals surface area contributed by atoms with Gasteiger partial charge in [-0.2, -0.15) is 0 Å². The number of carbonyl (C=O) groups excluding carboxylic acids is 4. The Morgan fingerprint density at radius 3 is 1.88 bits per heavy atom. The number of rotatable bonds is 14. The van der Waals surface area contributed by atoms with Crippen molar-refractivity contribution in [3.05, 3.63) is 35.9 Å². The van der Waals surface area contributed by atoms with Gasteiger partial charge < -0.3 is 30.0 Å². The molecule has 1 aromatic rings. The lowest BCUT2D eigenvalue weighted by molar-refractivity contribution is -0.146. The van der Waals surface area contributed by atoms with E-state index in [-0.39, 0.29) is 45.5 Å². The zero-order valence-corrected chi connectivity index (χ0v) is 18.7. The van der Waals surface area contributed by atoms with Crippen molar-refractivity contribution in [1.29, 1.82) is 0 Å². The molecule has 11 heteroatoms. The monoisotopic (exact) mass is 466 g/mol. The third-order valence-corrected chi connectivity index (χ3v) is 4.32. The standard InChI is InChI=1S/C22H30N2O9/c1-3-31-18(25)12-10-16(24-22(30)33-14-15-8-6-5-7-9-15)20(27)23-17(21(28)29)11-13-19(26)32-4-2/h5-9,16-17H,3-4,10-14H2,1-2H3,(H,23,27)(H,24,30)(H,28,29)/t16-,17+/m1/s1. The molecule has 0 saturated heterocycles. The Balaban J connectivity index is 2.76. The van der Waals surface area contributed by atoms with E-state index in [0.717, 1.165) is 5.56 Å². The van der Waals surface area contributed by atoms with Crippen molar-refractivity contribution in [1.82, 2.24) is 10.6 Å². The second kappa shape index (κ2) is 15.2. The van der Waals surface area contributed by atoms with E-state index >= 15 is 0 Å². The van der Waals surface area contributed by atoms with Gasteiger partial charge in [-0.3, -0.25) is 14.4 Å². The largest absolute Gasteiger partial charge is 0.480 e. The summed E-state index contributed by atoms with van der Waals surface area (Å²) in [5.74, 6) is -3.37. The molecule has 0 heterocycles. The Hall–Kier alpha value is -3.63. The Morgan fingerprint density at radius 1 is 0.818 bits per heavy atom. The summed E-state index contributed by atoms with van der Waals surface area (Å²) in [4.78, 5) is 59.6. The van der Waals surface area contributed by atoms with Crippen molar-refractivity contribution < 1.29 is 43.3 Å². The summed E-state index contributed by atoms with van der Waals surface area (Å²) in [5, 5.41) is 14.0. The Bertz CT molecular complexity index is 798. The fourth-order valence-electron chi connectivity index (χ4n) is 2.70. The second-order valence-corrected chi connectivity index (χ2v) is 6.85. The molecule has 0 aliphatic heterocycles. The number of nitrogens with one attached hydrogen (secondary N) is 2. The molecule has 182 valence electrons. The van der Waals surface area contributed by atoms with Crippen molar-refractivity contribution >= 4 is 29.9 Å². The first-order valence-electron chi connectivity index (χ1n) is 10.6. The van der Waals surface area contributed by atoms with Gasteiger partial charge in [0.1, 0.15) is 18.7 Å². The lowest BCUT2D eigenvalue weighted by atomic mass is 10.1. The quantitative estimate of drug-likeness (QED) is 0.273. The summed E-state index contributed by atoms with van der Waals surface area (Å²) >= 11 is 0. The molecule has 0 fully saturated rings. The van der Waals surface area contributed by atoms with Gasteiger partial charge >= 0.3 is 24.0 Å². The molecule has 0 radical (unpaired) electrons. The topological polar surface area (TPSA) is 157 Å². The number of hydrogen-bond acceptors (Lipinski definition) is 8. The molecule has 0 aliphatic rings. The van der Waals surface area contributed by atoms with Crippen LogP contribution in [0.4, 0.5) is 4.79 Å². The molecular formula is C22H30N2O9. The lowest BCUT2D eigenvalue weighted by Crippen LogP contribution is -2.52. The normalized spacial score (nSPS) is 12.1. The molecule has 3 N–H and O–H groups in total. The minimum atomic E-state index is -1.39. The first-order valence-corrected chi connectivity index (χ1v) is 10.6. The predicted molar refractivity (Wildman–Crippen MR) is 115 cm³/mol. The number of carboxylic acid groups (broad SMARTS) is 1. The highest BCUT2D eigenvalue weighted by Gasteiger charge is 2.28. The summed E-state index contributed by atoms with van der Waals surface area (Å²) in [6.07, 6.45) is -1.67. The number of ether oxygens (including phenoxy) is 3. The third kappa shape index (κ3) is 11.5. The van der Waals surface area contributed by atoms with E-state index in [0.29, 0.717) is 0 Å². The number of carbonyl (C=O) groups is 5. The molecule has 0 saturated carbocycles. The first-order chi connectivity index (χ1) is 15.8. The van der Waals surface area contributed by atoms with Crippen LogP contribution in [0.1, 0.15) is 45.1 Å². The summed E-state index contributed by atoms with van der Waals surface area (Å²) in [6, 6.07) is 6.19. The molecule has 0 bridgehead atoms. The van der Waals surface area contributed by atoms with Crippen molar-refractivity contribution in [2.45, 2.75) is 58.2 Å². The van der Waals surface area contributed by atoms with E-state index in [1.165, 1.54) is 0 Å². The molecule has 0 aliphatic carbocycles. The predicted octanol–water partition coefficient (Wildman–Crippen LogP) is 1.54. The molecule has 33 heavy (non-hydrogen) atoms. The minimum Gasteiger partial charge on any atom is -0.480 e. The van der Waals surface area contributed by atoms with Crippen LogP contribution in [0.3, 0.4) is 0 Å². The summed E-state index contributed by atoms with van der Waals surface area (Å²) < 4.78 is 14.7. The zero-order chi connectivity index (χ0) is 24.6. The number of carboxylic acids is 1. The van der Waals surface area contributed by atoms with E-state index in [9.17, 15) is 29.1 Å². The zero-order valence-electron chi connectivity index (χ0n) is 18.7. The van der Waals surface area contributed by atoms with Crippen LogP contribution in [-0.2, 0) is 40.0 Å². The van der Waals surface area contributed by atoms with Crippen LogP contribution in [0, 0.1) is 0 Å². The average molecular weight is 466 g/mol. The third-order valence-electron chi connectivity index (χ3n) is 4.32. The van der Waals surface area contributed by atoms with Crippen LogP contribution in [0.2, 0.25) is 0 Å². The van der Waals surface area contributed by atoms with E-state index in [1.807, 2.05) is 0 Å². The van der Waals surface area contributed by atoms with Gasteiger partial charge in [-0.25, -0.2) is 9.59 Å². The van der Waals surface area contributed by atoms with Crippen molar-refractivity contribution in [3.8, 4) is 0 Å². The van der Waals surface area contributed by atoms with Crippen LogP contribution < -0.4 is 10.6 Å². The SMILES string of the molecule is CCOC(=O)CC[C@H](NC(=O)[C@@H](CCC(=O)OCC)NC(=O)OCc1ccccc1)C(=O)O. The minimum absolute atomic E-state index is 0.0455. The van der Waals surface area contributed by atoms with Crippen molar-refractivity contribution in [2.75, 3.05) is 13.2 Å². The van der Waals surface area contributed by atoms with Gasteiger partial charge in [-0.15, -0.1) is 0 Å². The fraction of sp³-hybridized carbons (Fsp3) is 0.500. The van der Waals surface area contributed by atoms with Gasteiger partial charge in [0.2, 0.25) is 5.91 Å². The van der Waals surface area contributed by atoms with Gasteiger partial charge in [0.15, 0.2) is 0 Å². The Labute approximate surface area is 191 Å². The average Bonchev–Trinajstić information content (AvgIpc) is 2.78. The van der Waals surface area contributed by atoms with Crippen LogP contribution in [-0.4, -0.2) is 60.3 Å². The molecule has 0 unspecified atom stereocenters. The molecule has 2 atom stereocenters. The molecule has 2 amide bonds. The Kier molecular flexibility index (Phi) is 12.6. The fourth-order valence-corrected chi connectivity index (χ4v) is 2.70. The van der Waals surface area contributed by atoms with E-state index < -0.39 is 42.0 Å². The number of esters is 2. The van der Waals surface area contributed by atoms with E-state index in [4.69, 9.17) is 14.2 Å². The smallest absolute Gasteiger partial charge is 0.408 e. The van der Waals surface area contributed by atoms with Gasteiger partial charge in [-0.1, -0.05) is 30.3 Å². The molecule has 0 spiro atoms. The van der Waals surface area contributed by atoms with Crippen LogP contribution in [0.25, 0.3) is 0 Å². The second-order valence-electron chi connectivity index (χ2n) is 6.85. The Morgan fingerprint density at radius 2 is 1.36 bits per heavy atom. The van der Waals surface area contributed by atoms with Gasteiger partial charge in [0.05, 0.1) is 13.2 Å². The van der Waals surface area contributed by atoms with Crippen LogP contribution in [0.5, 0.6) is 0 Å². The number of hydrogen-bond donors (Lipinski definition) is 3. The highest BCUT2D eigenvalue weighted by atomic mass is 16.5. The number of benzene rings is 1. The molecular weight excluding hydrogens is 436 g/mol. The van der Waals surface area contributed by atoms with E-state index in [2.05, 4.69) is 10.6 Å². The maximum absolute atomic E-state index is 12.7. The lowest BCUT2D eigenvalue weighted by Gasteiger charge is -2.21. The number of amides is 2. The maximum atomic E-state index is 12.7. The number of alkyl carbamates (subject to hydrolysis) is 1. The van der Waals surface area contributed by atoms with Gasteiger partial charge in [0.25, 0.3) is 0 Å². The maximum Gasteiger partial charge on any atom is 0.408 e.